The maximum atomic E-state index is 12.9. The molecule has 11 heteroatoms. The monoisotopic (exact) mass is 491 g/mol. The molecule has 1 fully saturated rings. The van der Waals surface area contributed by atoms with Gasteiger partial charge in [0.1, 0.15) is 30.3 Å². The van der Waals surface area contributed by atoms with Crippen LogP contribution in [0.3, 0.4) is 0 Å². The molecular weight excluding hydrogens is 458 g/mol. The van der Waals surface area contributed by atoms with Crippen LogP contribution in [0.1, 0.15) is 52.5 Å². The van der Waals surface area contributed by atoms with Crippen LogP contribution in [0, 0.1) is 0 Å². The Bertz CT molecular complexity index is 928. The summed E-state index contributed by atoms with van der Waals surface area (Å²) in [5, 5.41) is 14.1. The molecule has 35 heavy (non-hydrogen) atoms. The lowest BCUT2D eigenvalue weighted by atomic mass is 10.1. The van der Waals surface area contributed by atoms with Crippen LogP contribution in [-0.4, -0.2) is 70.1 Å². The van der Waals surface area contributed by atoms with E-state index in [-0.39, 0.29) is 13.2 Å². The first-order chi connectivity index (χ1) is 16.4. The third-order valence-corrected chi connectivity index (χ3v) is 5.17. The van der Waals surface area contributed by atoms with Crippen LogP contribution >= 0.6 is 0 Å². The first-order valence-electron chi connectivity index (χ1n) is 11.4. The van der Waals surface area contributed by atoms with Crippen molar-refractivity contribution >= 4 is 29.8 Å². The first-order valence-corrected chi connectivity index (χ1v) is 11.4. The molecule has 1 unspecified atom stereocenters. The fourth-order valence-corrected chi connectivity index (χ4v) is 3.53. The molecule has 1 aliphatic rings. The molecule has 1 saturated heterocycles. The SMILES string of the molecule is C[C@H](NC(=O)C(CC(=O)OCc1ccccc1)NC(=O)OC(C)(C)C)C(=O)N1CCC[C@H]1C(=O)O. The van der Waals surface area contributed by atoms with E-state index in [9.17, 15) is 29.1 Å². The smallest absolute Gasteiger partial charge is 0.408 e. The highest BCUT2D eigenvalue weighted by Crippen LogP contribution is 2.18. The summed E-state index contributed by atoms with van der Waals surface area (Å²) in [5.74, 6) is -3.22. The van der Waals surface area contributed by atoms with Crippen LogP contribution in [0.25, 0.3) is 0 Å². The van der Waals surface area contributed by atoms with E-state index in [1.807, 2.05) is 6.07 Å². The van der Waals surface area contributed by atoms with Gasteiger partial charge in [0.25, 0.3) is 0 Å². The second-order valence-corrected chi connectivity index (χ2v) is 9.31. The minimum absolute atomic E-state index is 0.0130. The molecule has 11 nitrogen and oxygen atoms in total. The lowest BCUT2D eigenvalue weighted by Crippen LogP contribution is -2.55. The molecule has 2 rings (SSSR count). The Hall–Kier alpha value is -3.63. The summed E-state index contributed by atoms with van der Waals surface area (Å²) in [6, 6.07) is 5.53. The molecule has 0 saturated carbocycles. The maximum Gasteiger partial charge on any atom is 0.408 e. The lowest BCUT2D eigenvalue weighted by molar-refractivity contribution is -0.149. The molecule has 3 amide bonds. The van der Waals surface area contributed by atoms with E-state index in [1.54, 1.807) is 45.0 Å². The van der Waals surface area contributed by atoms with E-state index in [0.717, 1.165) is 5.56 Å². The van der Waals surface area contributed by atoms with Gasteiger partial charge < -0.3 is 30.1 Å². The molecular formula is C24H33N3O8. The van der Waals surface area contributed by atoms with Crippen molar-refractivity contribution in [2.75, 3.05) is 6.54 Å². The zero-order chi connectivity index (χ0) is 26.2. The molecule has 0 radical (unpaired) electrons. The Morgan fingerprint density at radius 3 is 2.37 bits per heavy atom. The van der Waals surface area contributed by atoms with Crippen molar-refractivity contribution in [3.05, 3.63) is 35.9 Å². The van der Waals surface area contributed by atoms with Crippen LogP contribution in [0.5, 0.6) is 0 Å². The van der Waals surface area contributed by atoms with Gasteiger partial charge in [-0.25, -0.2) is 9.59 Å². The van der Waals surface area contributed by atoms with Gasteiger partial charge in [-0.1, -0.05) is 30.3 Å². The van der Waals surface area contributed by atoms with Gasteiger partial charge in [-0.2, -0.15) is 0 Å². The highest BCUT2D eigenvalue weighted by atomic mass is 16.6. The van der Waals surface area contributed by atoms with E-state index in [0.29, 0.717) is 12.8 Å². The molecule has 192 valence electrons. The van der Waals surface area contributed by atoms with Gasteiger partial charge in [0.05, 0.1) is 6.42 Å². The predicted octanol–water partition coefficient (Wildman–Crippen LogP) is 1.59. The van der Waals surface area contributed by atoms with E-state index in [4.69, 9.17) is 9.47 Å². The number of hydrogen-bond acceptors (Lipinski definition) is 7. The Morgan fingerprint density at radius 1 is 1.11 bits per heavy atom. The van der Waals surface area contributed by atoms with Crippen molar-refractivity contribution in [3.63, 3.8) is 0 Å². The average Bonchev–Trinajstić information content (AvgIpc) is 3.26. The fourth-order valence-electron chi connectivity index (χ4n) is 3.53. The molecule has 0 bridgehead atoms. The summed E-state index contributed by atoms with van der Waals surface area (Å²) in [7, 11) is 0. The second kappa shape index (κ2) is 12.2. The Kier molecular flexibility index (Phi) is 9.61. The number of nitrogens with one attached hydrogen (secondary N) is 2. The highest BCUT2D eigenvalue weighted by Gasteiger charge is 2.37. The van der Waals surface area contributed by atoms with E-state index < -0.39 is 60.0 Å². The number of ether oxygens (including phenoxy) is 2. The lowest BCUT2D eigenvalue weighted by Gasteiger charge is -2.27. The van der Waals surface area contributed by atoms with E-state index >= 15 is 0 Å². The molecule has 0 spiro atoms. The molecule has 0 aromatic heterocycles. The number of alkyl carbamates (subject to hydrolysis) is 1. The quantitative estimate of drug-likeness (QED) is 0.441. The van der Waals surface area contributed by atoms with Crippen molar-refractivity contribution in [1.29, 1.82) is 0 Å². The Balaban J connectivity index is 2.05. The van der Waals surface area contributed by atoms with Crippen LogP contribution in [0.2, 0.25) is 0 Å². The number of amides is 3. The number of aliphatic carboxylic acids is 1. The third kappa shape index (κ3) is 8.91. The van der Waals surface area contributed by atoms with Crippen LogP contribution in [0.4, 0.5) is 4.79 Å². The minimum atomic E-state index is -1.38. The van der Waals surface area contributed by atoms with Crippen LogP contribution in [0.15, 0.2) is 30.3 Å². The summed E-state index contributed by atoms with van der Waals surface area (Å²) in [6.45, 7) is 6.60. The van der Waals surface area contributed by atoms with Crippen LogP contribution in [-0.2, 0) is 35.3 Å². The van der Waals surface area contributed by atoms with Gasteiger partial charge >= 0.3 is 18.0 Å². The molecule has 1 aromatic carbocycles. The molecule has 3 N–H and O–H groups in total. The highest BCUT2D eigenvalue weighted by molar-refractivity contribution is 5.94. The molecule has 0 aliphatic carbocycles. The van der Waals surface area contributed by atoms with Crippen molar-refractivity contribution < 1.29 is 38.6 Å². The van der Waals surface area contributed by atoms with Crippen molar-refractivity contribution in [1.82, 2.24) is 15.5 Å². The zero-order valence-corrected chi connectivity index (χ0v) is 20.4. The number of nitrogens with zero attached hydrogens (tertiary/aromatic N) is 1. The van der Waals surface area contributed by atoms with Gasteiger partial charge in [0, 0.05) is 6.54 Å². The van der Waals surface area contributed by atoms with Crippen molar-refractivity contribution in [2.24, 2.45) is 0 Å². The molecule has 1 aliphatic heterocycles. The van der Waals surface area contributed by atoms with Gasteiger partial charge in [0.15, 0.2) is 0 Å². The fraction of sp³-hybridized carbons (Fsp3) is 0.542. The summed E-state index contributed by atoms with van der Waals surface area (Å²) in [5.41, 5.74) is -0.0937. The van der Waals surface area contributed by atoms with Crippen molar-refractivity contribution in [2.45, 2.75) is 77.3 Å². The summed E-state index contributed by atoms with van der Waals surface area (Å²) < 4.78 is 10.4. The topological polar surface area (TPSA) is 151 Å². The van der Waals surface area contributed by atoms with E-state index in [1.165, 1.54) is 11.8 Å². The number of carbonyl (C=O) groups excluding carboxylic acids is 4. The maximum absolute atomic E-state index is 12.9. The number of benzene rings is 1. The standard InChI is InChI=1S/C24H33N3O8/c1-15(21(30)27-12-8-11-18(27)22(31)32)25-20(29)17(26-23(33)35-24(2,3)4)13-19(28)34-14-16-9-6-5-7-10-16/h5-7,9-10,15,17-18H,8,11-14H2,1-4H3,(H,25,29)(H,26,33)(H,31,32)/t15-,17?,18-/m0/s1. The second-order valence-electron chi connectivity index (χ2n) is 9.31. The first kappa shape index (κ1) is 27.6. The number of carboxylic acids is 1. The number of likely N-dealkylation sites (tertiary alicyclic amines) is 1. The zero-order valence-electron chi connectivity index (χ0n) is 20.4. The van der Waals surface area contributed by atoms with Crippen LogP contribution < -0.4 is 10.6 Å². The summed E-state index contributed by atoms with van der Waals surface area (Å²) in [4.78, 5) is 63.0. The number of hydrogen-bond donors (Lipinski definition) is 3. The minimum Gasteiger partial charge on any atom is -0.480 e. The molecule has 3 atom stereocenters. The summed E-state index contributed by atoms with van der Waals surface area (Å²) >= 11 is 0. The molecule has 1 aromatic rings. The van der Waals surface area contributed by atoms with E-state index in [2.05, 4.69) is 10.6 Å². The van der Waals surface area contributed by atoms with Gasteiger partial charge in [-0.15, -0.1) is 0 Å². The number of esters is 1. The summed E-state index contributed by atoms with van der Waals surface area (Å²) in [6.07, 6.45) is -0.546. The van der Waals surface area contributed by atoms with Gasteiger partial charge in [0.2, 0.25) is 11.8 Å². The normalized spacial score (nSPS) is 17.1. The Labute approximate surface area is 204 Å². The predicted molar refractivity (Wildman–Crippen MR) is 124 cm³/mol. The number of carbonyl (C=O) groups is 5. The van der Waals surface area contributed by atoms with Gasteiger partial charge in [-0.3, -0.25) is 14.4 Å². The number of rotatable bonds is 9. The Morgan fingerprint density at radius 2 is 1.77 bits per heavy atom. The average molecular weight is 492 g/mol. The van der Waals surface area contributed by atoms with Crippen molar-refractivity contribution in [3.8, 4) is 0 Å². The number of carboxylic acid groups (broad SMARTS) is 1. The third-order valence-electron chi connectivity index (χ3n) is 5.17. The molecule has 1 heterocycles. The largest absolute Gasteiger partial charge is 0.480 e. The van der Waals surface area contributed by atoms with Gasteiger partial charge in [-0.05, 0) is 46.1 Å².